The molecule has 0 aliphatic heterocycles. The standard InChI is InChI=1S/C25H16Br2N2.S13/c26-23-13-5-11-21(28-23)25(22-12-6-14-24(27)29-22)19-9-3-1-7-17(19)15-16-18-8-2-4-10-20(18)25;1-3-5-7-9-11-13-12-10-8-6-4-2/h1-16H;. The van der Waals surface area contributed by atoms with Crippen LogP contribution in [0.4, 0.5) is 0 Å². The third kappa shape index (κ3) is 9.42. The number of aromatic nitrogens is 2. The van der Waals surface area contributed by atoms with Crippen LogP contribution in [0.5, 0.6) is 0 Å². The predicted molar refractivity (Wildman–Crippen MR) is 220 cm³/mol. The molecule has 42 heavy (non-hydrogen) atoms. The van der Waals surface area contributed by atoms with Gasteiger partial charge in [-0.05, 0) is 78.4 Å². The third-order valence-corrected chi connectivity index (χ3v) is 28.8. The third-order valence-electron chi connectivity index (χ3n) is 5.65. The first kappa shape index (κ1) is 35.2. The maximum atomic E-state index is 4.95. The number of rotatable bonds is 2. The molecule has 0 spiro atoms. The molecule has 218 valence electrons. The zero-order chi connectivity index (χ0) is 29.6. The van der Waals surface area contributed by atoms with Crippen LogP contribution in [0, 0.1) is 0 Å². The summed E-state index contributed by atoms with van der Waals surface area (Å²) in [5.41, 5.74) is 5.86. The molecule has 0 amide bonds. The lowest BCUT2D eigenvalue weighted by molar-refractivity contribution is 0.682. The van der Waals surface area contributed by atoms with Crippen LogP contribution in [0.1, 0.15) is 33.6 Å². The Morgan fingerprint density at radius 1 is 0.476 bits per heavy atom. The van der Waals surface area contributed by atoms with Crippen LogP contribution in [-0.4, -0.2) is 9.97 Å². The zero-order valence-corrected chi connectivity index (χ0v) is 34.5. The lowest BCUT2D eigenvalue weighted by Crippen LogP contribution is -2.34. The Kier molecular flexibility index (Phi) is 16.0. The van der Waals surface area contributed by atoms with Crippen molar-refractivity contribution in [3.05, 3.63) is 128 Å². The Morgan fingerprint density at radius 3 is 1.24 bits per heavy atom. The summed E-state index contributed by atoms with van der Waals surface area (Å²) in [6.07, 6.45) is 4.37. The molecule has 0 saturated heterocycles. The number of fused-ring (bicyclic) bond motifs is 2. The van der Waals surface area contributed by atoms with Crippen molar-refractivity contribution < 1.29 is 0 Å². The molecule has 17 heteroatoms. The molecule has 2 heterocycles. The van der Waals surface area contributed by atoms with Crippen LogP contribution >= 0.6 is 31.9 Å². The predicted octanol–water partition coefficient (Wildman–Crippen LogP) is 6.84. The Hall–Kier alpha value is 0.300. The highest BCUT2D eigenvalue weighted by Crippen LogP contribution is 2.48. The van der Waals surface area contributed by atoms with E-state index in [1.165, 1.54) is 17.8 Å². The van der Waals surface area contributed by atoms with Crippen LogP contribution < -0.4 is 0 Å². The van der Waals surface area contributed by atoms with Gasteiger partial charge in [-0.25, -0.2) is 9.97 Å². The largest absolute Gasteiger partial charge is 0.244 e. The molecule has 2 nitrogen and oxygen atoms in total. The van der Waals surface area contributed by atoms with Gasteiger partial charge in [0.15, 0.2) is 0 Å². The molecule has 1 aliphatic rings. The molecule has 4 aromatic rings. The first-order valence-corrected chi connectivity index (χ1v) is 28.9. The summed E-state index contributed by atoms with van der Waals surface area (Å²) in [6.45, 7) is 0. The monoisotopic (exact) mass is 918 g/mol. The van der Waals surface area contributed by atoms with Gasteiger partial charge in [-0.3, -0.25) is 0 Å². The second-order valence-electron chi connectivity index (χ2n) is 7.70. The van der Waals surface area contributed by atoms with Crippen LogP contribution in [0.3, 0.4) is 0 Å². The van der Waals surface area contributed by atoms with Crippen LogP contribution in [0.15, 0.2) is 94.1 Å². The maximum Gasteiger partial charge on any atom is 0.106 e. The van der Waals surface area contributed by atoms with Gasteiger partial charge in [0.05, 0.1) is 11.4 Å². The van der Waals surface area contributed by atoms with Crippen molar-refractivity contribution >= 4 is 164 Å². The summed E-state index contributed by atoms with van der Waals surface area (Å²) < 4.78 is 1.60. The van der Waals surface area contributed by atoms with Gasteiger partial charge in [-0.2, -0.15) is 0 Å². The van der Waals surface area contributed by atoms with Crippen molar-refractivity contribution in [2.45, 2.75) is 5.41 Å². The van der Waals surface area contributed by atoms with E-state index in [-0.39, 0.29) is 0 Å². The second kappa shape index (κ2) is 19.1. The van der Waals surface area contributed by atoms with Gasteiger partial charge in [0.2, 0.25) is 0 Å². The average Bonchev–Trinajstić information content (AvgIpc) is 3.16. The minimum atomic E-state index is -0.649. The van der Waals surface area contributed by atoms with Gasteiger partial charge in [0.1, 0.15) is 14.6 Å². The van der Waals surface area contributed by atoms with E-state index in [0.29, 0.717) is 0 Å². The van der Waals surface area contributed by atoms with Crippen molar-refractivity contribution in [2.24, 2.45) is 0 Å². The fourth-order valence-corrected chi connectivity index (χ4v) is 29.7. The lowest BCUT2D eigenvalue weighted by Gasteiger charge is -2.36. The minimum absolute atomic E-state index is 0.649. The van der Waals surface area contributed by atoms with E-state index < -0.39 is 5.41 Å². The van der Waals surface area contributed by atoms with Crippen molar-refractivity contribution in [1.29, 1.82) is 0 Å². The fourth-order valence-electron chi connectivity index (χ4n) is 4.31. The van der Waals surface area contributed by atoms with Crippen LogP contribution in [0.2, 0.25) is 0 Å². The first-order chi connectivity index (χ1) is 20.6. The molecule has 0 unspecified atom stereocenters. The molecule has 0 bridgehead atoms. The topological polar surface area (TPSA) is 25.8 Å². The van der Waals surface area contributed by atoms with Crippen molar-refractivity contribution in [3.63, 3.8) is 0 Å². The Labute approximate surface area is 302 Å². The average molecular weight is 921 g/mol. The minimum Gasteiger partial charge on any atom is -0.244 e. The second-order valence-corrected chi connectivity index (χ2v) is 28.8. The summed E-state index contributed by atoms with van der Waals surface area (Å²) in [7, 11) is 18.1. The Bertz CT molecular complexity index is 1990. The molecule has 5 rings (SSSR count). The summed E-state index contributed by atoms with van der Waals surface area (Å²) in [5, 5.41) is 0. The molecule has 2 aromatic heterocycles. The van der Waals surface area contributed by atoms with Crippen LogP contribution in [-0.2, 0) is 125 Å². The van der Waals surface area contributed by atoms with E-state index in [1.807, 2.05) is 24.3 Å². The smallest absolute Gasteiger partial charge is 0.106 e. The van der Waals surface area contributed by atoms with Crippen molar-refractivity contribution in [2.75, 3.05) is 0 Å². The summed E-state index contributed by atoms with van der Waals surface area (Å²) in [6, 6.07) is 29.2. The van der Waals surface area contributed by atoms with E-state index in [2.05, 4.69) is 105 Å². The number of pyridine rings is 2. The number of benzene rings is 2. The summed E-state index contributed by atoms with van der Waals surface area (Å²) in [4.78, 5) is 9.90. The number of nitrogens with zero attached hydrogens (tertiary/aromatic N) is 2. The molecule has 0 radical (unpaired) electrons. The van der Waals surface area contributed by atoms with Gasteiger partial charge in [0.25, 0.3) is 0 Å². The molecule has 0 saturated carbocycles. The van der Waals surface area contributed by atoms with E-state index in [0.717, 1.165) is 42.8 Å². The van der Waals surface area contributed by atoms with E-state index >= 15 is 0 Å². The highest BCUT2D eigenvalue weighted by Gasteiger charge is 2.44. The number of halogens is 2. The molecule has 0 fully saturated rings. The fraction of sp³-hybridized carbons (Fsp3) is 0.0400. The van der Waals surface area contributed by atoms with Crippen LogP contribution in [0.25, 0.3) is 12.2 Å². The quantitative estimate of drug-likeness (QED) is 0.182. The highest BCUT2D eigenvalue weighted by molar-refractivity contribution is 9.10. The molecule has 0 atom stereocenters. The van der Waals surface area contributed by atoms with Gasteiger partial charge in [0, 0.05) is 120 Å². The Balaban J connectivity index is 0.000000266. The van der Waals surface area contributed by atoms with Gasteiger partial charge >= 0.3 is 0 Å². The molecule has 0 N–H and O–H groups in total. The van der Waals surface area contributed by atoms with E-state index in [4.69, 9.17) is 32.3 Å². The summed E-state index contributed by atoms with van der Waals surface area (Å²) >= 11 is 16.6. The lowest BCUT2D eigenvalue weighted by atomic mass is 9.67. The highest BCUT2D eigenvalue weighted by atomic mass is 79.9. The summed E-state index contributed by atoms with van der Waals surface area (Å²) in [5.74, 6) is 0. The Morgan fingerprint density at radius 2 is 0.857 bits per heavy atom. The maximum absolute atomic E-state index is 4.95. The number of hydrogen-bond acceptors (Lipinski definition) is 4. The molecular formula is C25H16Br2N2S13. The van der Waals surface area contributed by atoms with E-state index in [9.17, 15) is 0 Å². The zero-order valence-electron chi connectivity index (χ0n) is 20.7. The molecular weight excluding hydrogens is 905 g/mol. The normalized spacial score (nSPS) is 11.9. The number of hydrogen-bond donors (Lipinski definition) is 0. The molecule has 1 aliphatic carbocycles. The van der Waals surface area contributed by atoms with E-state index in [1.54, 1.807) is 79.9 Å². The van der Waals surface area contributed by atoms with Crippen molar-refractivity contribution in [3.8, 4) is 0 Å². The van der Waals surface area contributed by atoms with Gasteiger partial charge in [-0.15, -0.1) is 0 Å². The van der Waals surface area contributed by atoms with Gasteiger partial charge < -0.3 is 0 Å². The first-order valence-electron chi connectivity index (χ1n) is 11.3. The van der Waals surface area contributed by atoms with Gasteiger partial charge in [-0.1, -0.05) is 72.8 Å². The SMILES string of the molecule is Brc1cccc(C2(c3cccc(Br)n3)c3ccccc3C=Cc3ccccc32)n1.S=S=S=S=S=S=S=S=S=S=S=S=S. The van der Waals surface area contributed by atoms with Crippen molar-refractivity contribution in [1.82, 2.24) is 9.97 Å². The molecule has 2 aromatic carbocycles.